The van der Waals surface area contributed by atoms with Crippen molar-refractivity contribution in [1.82, 2.24) is 15.1 Å². The van der Waals surface area contributed by atoms with E-state index in [4.69, 9.17) is 4.52 Å². The number of nitrogens with zero attached hydrogens (tertiary/aromatic N) is 4. The van der Waals surface area contributed by atoms with Gasteiger partial charge in [-0.15, -0.1) is 0 Å². The molecule has 0 aliphatic carbocycles. The summed E-state index contributed by atoms with van der Waals surface area (Å²) in [5, 5.41) is 13.7. The second-order valence-corrected chi connectivity index (χ2v) is 6.17. The fourth-order valence-electron chi connectivity index (χ4n) is 3.01. The molecule has 2 heterocycles. The molecule has 5 heteroatoms. The maximum absolute atomic E-state index is 9.56. The van der Waals surface area contributed by atoms with Gasteiger partial charge in [0.2, 0.25) is 0 Å². The highest BCUT2D eigenvalue weighted by molar-refractivity contribution is 5.86. The van der Waals surface area contributed by atoms with Crippen LogP contribution in [0.2, 0.25) is 0 Å². The van der Waals surface area contributed by atoms with Gasteiger partial charge in [0.15, 0.2) is 5.82 Å². The van der Waals surface area contributed by atoms with Crippen molar-refractivity contribution in [2.45, 2.75) is 5.92 Å². The molecule has 4 rings (SSSR count). The van der Waals surface area contributed by atoms with Crippen LogP contribution in [0.15, 0.2) is 89.7 Å². The average Bonchev–Trinajstić information content (AvgIpc) is 3.24. The molecule has 0 atom stereocenters. The molecule has 134 valence electrons. The van der Waals surface area contributed by atoms with E-state index in [2.05, 4.69) is 21.2 Å². The molecule has 0 fully saturated rings. The summed E-state index contributed by atoms with van der Waals surface area (Å²) in [5.74, 6) is 0.524. The minimum atomic E-state index is -0.182. The fraction of sp³-hybridized carbons (Fsp3) is 0.0435. The van der Waals surface area contributed by atoms with Gasteiger partial charge in [-0.25, -0.2) is 0 Å². The summed E-state index contributed by atoms with van der Waals surface area (Å²) in [6.07, 6.45) is 5.04. The summed E-state index contributed by atoms with van der Waals surface area (Å²) in [7, 11) is 0. The first-order valence-corrected chi connectivity index (χ1v) is 8.81. The van der Waals surface area contributed by atoms with Crippen molar-refractivity contribution in [3.8, 4) is 6.07 Å². The van der Waals surface area contributed by atoms with E-state index in [9.17, 15) is 5.26 Å². The molecular formula is C23H16N4O. The third kappa shape index (κ3) is 3.71. The molecule has 28 heavy (non-hydrogen) atoms. The van der Waals surface area contributed by atoms with Gasteiger partial charge in [0.25, 0.3) is 5.89 Å². The van der Waals surface area contributed by atoms with Gasteiger partial charge < -0.3 is 4.52 Å². The SMILES string of the molecule is N#C/C(=C\c1cccnc1)c1nc(C(c2ccccc2)c2ccccc2)no1. The van der Waals surface area contributed by atoms with Gasteiger partial charge in [0, 0.05) is 12.4 Å². The molecule has 0 bridgehead atoms. The Morgan fingerprint density at radius 1 is 0.929 bits per heavy atom. The molecule has 0 N–H and O–H groups in total. The second kappa shape index (κ2) is 8.11. The molecule has 0 unspecified atom stereocenters. The van der Waals surface area contributed by atoms with Crippen molar-refractivity contribution in [3.63, 3.8) is 0 Å². The van der Waals surface area contributed by atoms with Crippen molar-refractivity contribution >= 4 is 11.6 Å². The van der Waals surface area contributed by atoms with E-state index in [1.54, 1.807) is 24.5 Å². The number of pyridine rings is 1. The van der Waals surface area contributed by atoms with Gasteiger partial charge in [0.05, 0.1) is 5.92 Å². The highest BCUT2D eigenvalue weighted by Crippen LogP contribution is 2.30. The zero-order chi connectivity index (χ0) is 19.2. The van der Waals surface area contributed by atoms with E-state index < -0.39 is 0 Å². The van der Waals surface area contributed by atoms with E-state index in [-0.39, 0.29) is 11.8 Å². The van der Waals surface area contributed by atoms with Crippen LogP contribution in [0.1, 0.15) is 34.3 Å². The van der Waals surface area contributed by atoms with Crippen molar-refractivity contribution in [1.29, 1.82) is 5.26 Å². The Hall–Kier alpha value is -4.04. The molecule has 0 spiro atoms. The average molecular weight is 364 g/mol. The smallest absolute Gasteiger partial charge is 0.268 e. The molecule has 0 aliphatic heterocycles. The fourth-order valence-corrected chi connectivity index (χ4v) is 3.01. The minimum Gasteiger partial charge on any atom is -0.333 e. The lowest BCUT2D eigenvalue weighted by atomic mass is 9.91. The Bertz CT molecular complexity index is 1070. The monoisotopic (exact) mass is 364 g/mol. The number of benzene rings is 2. The van der Waals surface area contributed by atoms with Gasteiger partial charge in [-0.2, -0.15) is 10.2 Å². The van der Waals surface area contributed by atoms with Crippen molar-refractivity contribution in [3.05, 3.63) is 114 Å². The van der Waals surface area contributed by atoms with E-state index in [1.165, 1.54) is 0 Å². The van der Waals surface area contributed by atoms with Crippen LogP contribution >= 0.6 is 0 Å². The maximum Gasteiger partial charge on any atom is 0.268 e. The molecule has 0 aliphatic rings. The first-order chi connectivity index (χ1) is 13.8. The van der Waals surface area contributed by atoms with Crippen LogP contribution in [0.4, 0.5) is 0 Å². The first-order valence-electron chi connectivity index (χ1n) is 8.81. The molecule has 2 aromatic heterocycles. The summed E-state index contributed by atoms with van der Waals surface area (Å²) < 4.78 is 5.44. The third-order valence-electron chi connectivity index (χ3n) is 4.31. The van der Waals surface area contributed by atoms with E-state index >= 15 is 0 Å². The zero-order valence-corrected chi connectivity index (χ0v) is 14.9. The molecular weight excluding hydrogens is 348 g/mol. The summed E-state index contributed by atoms with van der Waals surface area (Å²) in [6.45, 7) is 0. The number of nitriles is 1. The highest BCUT2D eigenvalue weighted by Gasteiger charge is 2.23. The van der Waals surface area contributed by atoms with E-state index in [0.717, 1.165) is 16.7 Å². The predicted molar refractivity (Wildman–Crippen MR) is 106 cm³/mol. The normalized spacial score (nSPS) is 11.4. The van der Waals surface area contributed by atoms with Gasteiger partial charge in [-0.1, -0.05) is 71.9 Å². The largest absolute Gasteiger partial charge is 0.333 e. The third-order valence-corrected chi connectivity index (χ3v) is 4.31. The predicted octanol–water partition coefficient (Wildman–Crippen LogP) is 4.71. The molecule has 0 saturated carbocycles. The lowest BCUT2D eigenvalue weighted by Gasteiger charge is -2.13. The van der Waals surface area contributed by atoms with Crippen LogP contribution in [0, 0.1) is 11.3 Å². The van der Waals surface area contributed by atoms with Crippen molar-refractivity contribution in [2.24, 2.45) is 0 Å². The Kier molecular flexibility index (Phi) is 5.03. The van der Waals surface area contributed by atoms with E-state index in [1.807, 2.05) is 66.7 Å². The van der Waals surface area contributed by atoms with Crippen LogP contribution in [0.3, 0.4) is 0 Å². The Balaban J connectivity index is 1.75. The number of hydrogen-bond acceptors (Lipinski definition) is 5. The Morgan fingerprint density at radius 3 is 2.18 bits per heavy atom. The van der Waals surface area contributed by atoms with Crippen LogP contribution in [0.25, 0.3) is 11.6 Å². The molecule has 0 radical (unpaired) electrons. The molecule has 0 amide bonds. The summed E-state index contributed by atoms with van der Waals surface area (Å²) in [4.78, 5) is 8.60. The van der Waals surface area contributed by atoms with Crippen molar-refractivity contribution < 1.29 is 4.52 Å². The first kappa shape index (κ1) is 17.4. The Labute approximate surface area is 162 Å². The number of rotatable bonds is 5. The summed E-state index contributed by atoms with van der Waals surface area (Å²) in [5.41, 5.74) is 3.19. The van der Waals surface area contributed by atoms with Crippen molar-refractivity contribution in [2.75, 3.05) is 0 Å². The highest BCUT2D eigenvalue weighted by atomic mass is 16.5. The maximum atomic E-state index is 9.56. The minimum absolute atomic E-state index is 0.182. The van der Waals surface area contributed by atoms with Crippen LogP contribution < -0.4 is 0 Å². The van der Waals surface area contributed by atoms with Gasteiger partial charge in [-0.3, -0.25) is 4.98 Å². The topological polar surface area (TPSA) is 75.6 Å². The molecule has 0 saturated heterocycles. The molecule has 2 aromatic carbocycles. The molecule has 4 aromatic rings. The number of aromatic nitrogens is 3. The second-order valence-electron chi connectivity index (χ2n) is 6.17. The van der Waals surface area contributed by atoms with Gasteiger partial charge in [-0.05, 0) is 28.8 Å². The lowest BCUT2D eigenvalue weighted by molar-refractivity contribution is 0.401. The van der Waals surface area contributed by atoms with Gasteiger partial charge in [0.1, 0.15) is 11.6 Å². The summed E-state index contributed by atoms with van der Waals surface area (Å²) >= 11 is 0. The van der Waals surface area contributed by atoms with E-state index in [0.29, 0.717) is 11.4 Å². The van der Waals surface area contributed by atoms with Crippen LogP contribution in [0.5, 0.6) is 0 Å². The summed E-state index contributed by atoms with van der Waals surface area (Å²) in [6, 6.07) is 25.8. The van der Waals surface area contributed by atoms with Crippen LogP contribution in [-0.2, 0) is 0 Å². The standard InChI is InChI=1S/C23H16N4O/c24-15-20(14-17-8-7-13-25-16-17)23-26-22(27-28-23)21(18-9-3-1-4-10-18)19-11-5-2-6-12-19/h1-14,16,21H/b20-14+. The number of allylic oxidation sites excluding steroid dienone is 1. The molecule has 5 nitrogen and oxygen atoms in total. The van der Waals surface area contributed by atoms with Crippen LogP contribution in [-0.4, -0.2) is 15.1 Å². The zero-order valence-electron chi connectivity index (χ0n) is 14.9. The van der Waals surface area contributed by atoms with Gasteiger partial charge >= 0.3 is 0 Å². The lowest BCUT2D eigenvalue weighted by Crippen LogP contribution is -2.05. The number of hydrogen-bond donors (Lipinski definition) is 0. The quantitative estimate of drug-likeness (QED) is 0.479. The Morgan fingerprint density at radius 2 is 1.61 bits per heavy atom.